The van der Waals surface area contributed by atoms with E-state index in [9.17, 15) is 4.79 Å². The van der Waals surface area contributed by atoms with Gasteiger partial charge >= 0.3 is 0 Å². The fraction of sp³-hybridized carbons (Fsp3) is 0.815. The van der Waals surface area contributed by atoms with Crippen LogP contribution < -0.4 is 4.90 Å². The zero-order valence-corrected chi connectivity index (χ0v) is 21.0. The molecule has 1 aromatic heterocycles. The number of piperazine rings is 1. The van der Waals surface area contributed by atoms with Gasteiger partial charge in [-0.15, -0.1) is 0 Å². The summed E-state index contributed by atoms with van der Waals surface area (Å²) >= 11 is 0. The van der Waals surface area contributed by atoms with Crippen LogP contribution in [-0.2, 0) is 4.79 Å². The molecule has 5 nitrogen and oxygen atoms in total. The van der Waals surface area contributed by atoms with Crippen LogP contribution in [-0.4, -0.2) is 47.0 Å². The summed E-state index contributed by atoms with van der Waals surface area (Å²) in [5, 5.41) is 0. The SMILES string of the molecule is CCCCCCCCCCCCCCCCCC(=O)N1CCN(c2cc(C)ncn2)CC1. The number of hydrogen-bond donors (Lipinski definition) is 0. The average molecular weight is 445 g/mol. The van der Waals surface area contributed by atoms with Crippen molar-refractivity contribution in [1.29, 1.82) is 0 Å². The predicted octanol–water partition coefficient (Wildman–Crippen LogP) is 6.70. The average Bonchev–Trinajstić information content (AvgIpc) is 2.81. The minimum Gasteiger partial charge on any atom is -0.353 e. The number of nitrogens with zero attached hydrogens (tertiary/aromatic N) is 4. The molecule has 1 fully saturated rings. The molecule has 0 bridgehead atoms. The maximum atomic E-state index is 12.5. The Kier molecular flexibility index (Phi) is 14.1. The third-order valence-corrected chi connectivity index (χ3v) is 6.74. The maximum absolute atomic E-state index is 12.5. The van der Waals surface area contributed by atoms with Crippen molar-refractivity contribution in [3.63, 3.8) is 0 Å². The Hall–Kier alpha value is -1.65. The van der Waals surface area contributed by atoms with Crippen molar-refractivity contribution < 1.29 is 4.79 Å². The van der Waals surface area contributed by atoms with E-state index in [1.54, 1.807) is 6.33 Å². The Morgan fingerprint density at radius 3 is 1.75 bits per heavy atom. The van der Waals surface area contributed by atoms with Gasteiger partial charge in [0.1, 0.15) is 12.1 Å². The predicted molar refractivity (Wildman–Crippen MR) is 135 cm³/mol. The fourth-order valence-electron chi connectivity index (χ4n) is 4.60. The van der Waals surface area contributed by atoms with Crippen molar-refractivity contribution in [2.45, 2.75) is 117 Å². The van der Waals surface area contributed by atoms with Crippen molar-refractivity contribution >= 4 is 11.7 Å². The van der Waals surface area contributed by atoms with Gasteiger partial charge in [0.2, 0.25) is 5.91 Å². The Labute approximate surface area is 197 Å². The molecule has 0 radical (unpaired) electrons. The zero-order valence-electron chi connectivity index (χ0n) is 21.0. The smallest absolute Gasteiger partial charge is 0.222 e. The molecule has 0 atom stereocenters. The zero-order chi connectivity index (χ0) is 22.9. The van der Waals surface area contributed by atoms with Crippen LogP contribution in [0.3, 0.4) is 0 Å². The van der Waals surface area contributed by atoms with E-state index in [4.69, 9.17) is 0 Å². The van der Waals surface area contributed by atoms with E-state index in [0.717, 1.165) is 44.1 Å². The molecule has 1 saturated heterocycles. The van der Waals surface area contributed by atoms with Crippen molar-refractivity contribution in [3.05, 3.63) is 18.1 Å². The number of aryl methyl sites for hydroxylation is 1. The highest BCUT2D eigenvalue weighted by Crippen LogP contribution is 2.16. The second-order valence-electron chi connectivity index (χ2n) is 9.59. The minimum atomic E-state index is 0.332. The highest BCUT2D eigenvalue weighted by molar-refractivity contribution is 5.76. The summed E-state index contributed by atoms with van der Waals surface area (Å²) in [6.07, 6.45) is 22.7. The van der Waals surface area contributed by atoms with Gasteiger partial charge in [-0.25, -0.2) is 9.97 Å². The Morgan fingerprint density at radius 2 is 1.25 bits per heavy atom. The third kappa shape index (κ3) is 11.3. The van der Waals surface area contributed by atoms with Gasteiger partial charge in [-0.05, 0) is 13.3 Å². The summed E-state index contributed by atoms with van der Waals surface area (Å²) in [7, 11) is 0. The summed E-state index contributed by atoms with van der Waals surface area (Å²) in [5.74, 6) is 1.31. The summed E-state index contributed by atoms with van der Waals surface area (Å²) in [6.45, 7) is 7.61. The van der Waals surface area contributed by atoms with E-state index in [-0.39, 0.29) is 0 Å². The fourth-order valence-corrected chi connectivity index (χ4v) is 4.60. The Bertz CT molecular complexity index is 613. The molecule has 0 unspecified atom stereocenters. The monoisotopic (exact) mass is 444 g/mol. The molecule has 182 valence electrons. The van der Waals surface area contributed by atoms with Crippen molar-refractivity contribution in [1.82, 2.24) is 14.9 Å². The largest absolute Gasteiger partial charge is 0.353 e. The highest BCUT2D eigenvalue weighted by atomic mass is 16.2. The number of amides is 1. The molecule has 1 aliphatic rings. The number of anilines is 1. The van der Waals surface area contributed by atoms with E-state index in [1.165, 1.54) is 89.9 Å². The lowest BCUT2D eigenvalue weighted by Crippen LogP contribution is -2.49. The number of aromatic nitrogens is 2. The molecule has 2 heterocycles. The van der Waals surface area contributed by atoms with Crippen LogP contribution in [0.4, 0.5) is 5.82 Å². The van der Waals surface area contributed by atoms with Crippen molar-refractivity contribution in [2.24, 2.45) is 0 Å². The molecule has 1 amide bonds. The van der Waals surface area contributed by atoms with Crippen LogP contribution in [0.15, 0.2) is 12.4 Å². The lowest BCUT2D eigenvalue weighted by molar-refractivity contribution is -0.131. The quantitative estimate of drug-likeness (QED) is 0.251. The van der Waals surface area contributed by atoms with Crippen LogP contribution in [0.2, 0.25) is 0 Å². The normalized spacial score (nSPS) is 14.2. The molecule has 0 saturated carbocycles. The number of hydrogen-bond acceptors (Lipinski definition) is 4. The van der Waals surface area contributed by atoms with Gasteiger partial charge < -0.3 is 9.80 Å². The van der Waals surface area contributed by atoms with Crippen LogP contribution in [0, 0.1) is 6.92 Å². The van der Waals surface area contributed by atoms with Gasteiger partial charge in [0.25, 0.3) is 0 Å². The van der Waals surface area contributed by atoms with Crippen molar-refractivity contribution in [2.75, 3.05) is 31.1 Å². The molecule has 0 aliphatic carbocycles. The van der Waals surface area contributed by atoms with Gasteiger partial charge in [0.05, 0.1) is 0 Å². The first-order valence-corrected chi connectivity index (χ1v) is 13.5. The molecule has 0 spiro atoms. The van der Waals surface area contributed by atoms with Gasteiger partial charge in [-0.3, -0.25) is 4.79 Å². The summed E-state index contributed by atoms with van der Waals surface area (Å²) < 4.78 is 0. The first-order valence-electron chi connectivity index (χ1n) is 13.5. The summed E-state index contributed by atoms with van der Waals surface area (Å²) in [4.78, 5) is 25.3. The molecule has 5 heteroatoms. The second kappa shape index (κ2) is 16.9. The molecule has 1 aliphatic heterocycles. The number of unbranched alkanes of at least 4 members (excludes halogenated alkanes) is 14. The van der Waals surface area contributed by atoms with E-state index >= 15 is 0 Å². The van der Waals surface area contributed by atoms with Crippen LogP contribution in [0.1, 0.15) is 115 Å². The van der Waals surface area contributed by atoms with Crippen LogP contribution in [0.5, 0.6) is 0 Å². The molecule has 1 aromatic rings. The lowest BCUT2D eigenvalue weighted by atomic mass is 10.0. The van der Waals surface area contributed by atoms with E-state index < -0.39 is 0 Å². The number of carbonyl (C=O) groups excluding carboxylic acids is 1. The lowest BCUT2D eigenvalue weighted by Gasteiger charge is -2.35. The Balaban J connectivity index is 1.38. The molecule has 2 rings (SSSR count). The van der Waals surface area contributed by atoms with Gasteiger partial charge in [-0.1, -0.05) is 96.8 Å². The standard InChI is InChI=1S/C27H48N4O/c1-3-4-5-6-7-8-9-10-11-12-13-14-15-16-17-18-27(32)31-21-19-30(20-22-31)26-23-25(2)28-24-29-26/h23-24H,3-22H2,1-2H3. The third-order valence-electron chi connectivity index (χ3n) is 6.74. The second-order valence-corrected chi connectivity index (χ2v) is 9.59. The summed E-state index contributed by atoms with van der Waals surface area (Å²) in [6, 6.07) is 2.02. The maximum Gasteiger partial charge on any atom is 0.222 e. The number of carbonyl (C=O) groups is 1. The van der Waals surface area contributed by atoms with E-state index in [0.29, 0.717) is 12.3 Å². The van der Waals surface area contributed by atoms with Crippen LogP contribution >= 0.6 is 0 Å². The number of rotatable bonds is 17. The highest BCUT2D eigenvalue weighted by Gasteiger charge is 2.21. The molecule has 0 N–H and O–H groups in total. The van der Waals surface area contributed by atoms with Crippen molar-refractivity contribution in [3.8, 4) is 0 Å². The summed E-state index contributed by atoms with van der Waals surface area (Å²) in [5.41, 5.74) is 0.988. The minimum absolute atomic E-state index is 0.332. The van der Waals surface area contributed by atoms with Crippen LogP contribution in [0.25, 0.3) is 0 Å². The first-order chi connectivity index (χ1) is 15.7. The van der Waals surface area contributed by atoms with Gasteiger partial charge in [0, 0.05) is 44.4 Å². The molecule has 0 aromatic carbocycles. The topological polar surface area (TPSA) is 49.3 Å². The van der Waals surface area contributed by atoms with E-state index in [2.05, 4.69) is 21.8 Å². The molecular formula is C27H48N4O. The molecular weight excluding hydrogens is 396 g/mol. The first kappa shape index (κ1) is 26.6. The van der Waals surface area contributed by atoms with E-state index in [1.807, 2.05) is 17.9 Å². The Morgan fingerprint density at radius 1 is 0.750 bits per heavy atom. The van der Waals surface area contributed by atoms with Gasteiger partial charge in [-0.2, -0.15) is 0 Å². The van der Waals surface area contributed by atoms with Gasteiger partial charge in [0.15, 0.2) is 0 Å². The molecule has 32 heavy (non-hydrogen) atoms.